The first-order valence-corrected chi connectivity index (χ1v) is 6.08. The Bertz CT molecular complexity index is 634. The molecule has 1 unspecified atom stereocenters. The predicted molar refractivity (Wildman–Crippen MR) is 72.3 cm³/mol. The van der Waals surface area contributed by atoms with Gasteiger partial charge in [-0.25, -0.2) is 4.39 Å². The first kappa shape index (κ1) is 11.7. The molecule has 96 valence electrons. The number of hydrogen-bond donors (Lipinski definition) is 2. The topological polar surface area (TPSA) is 55.1 Å². The lowest BCUT2D eigenvalue weighted by Crippen LogP contribution is -2.30. The van der Waals surface area contributed by atoms with Crippen molar-refractivity contribution in [2.45, 2.75) is 12.3 Å². The van der Waals surface area contributed by atoms with Crippen molar-refractivity contribution >= 4 is 17.3 Å². The maximum Gasteiger partial charge on any atom is 0.232 e. The number of rotatable bonds is 2. The number of nitrogens with one attached hydrogen (secondary N) is 1. The van der Waals surface area contributed by atoms with Crippen LogP contribution in [0.15, 0.2) is 42.5 Å². The Morgan fingerprint density at radius 3 is 2.79 bits per heavy atom. The van der Waals surface area contributed by atoms with Crippen molar-refractivity contribution in [2.24, 2.45) is 0 Å². The maximum atomic E-state index is 13.2. The van der Waals surface area contributed by atoms with E-state index in [1.54, 1.807) is 6.07 Å². The van der Waals surface area contributed by atoms with Crippen molar-refractivity contribution in [3.05, 3.63) is 59.4 Å². The Morgan fingerprint density at radius 2 is 2.05 bits per heavy atom. The minimum atomic E-state index is -0.454. The molecular weight excluding hydrogens is 243 g/mol. The van der Waals surface area contributed by atoms with E-state index in [2.05, 4.69) is 5.32 Å². The van der Waals surface area contributed by atoms with Crippen LogP contribution in [0.3, 0.4) is 0 Å². The fourth-order valence-electron chi connectivity index (χ4n) is 2.41. The molecule has 0 saturated heterocycles. The van der Waals surface area contributed by atoms with Crippen molar-refractivity contribution in [1.82, 2.24) is 0 Å². The second kappa shape index (κ2) is 4.39. The van der Waals surface area contributed by atoms with E-state index in [0.29, 0.717) is 11.4 Å². The number of carbonyl (C=O) groups is 1. The zero-order valence-corrected chi connectivity index (χ0v) is 10.2. The molecular formula is C15H13FN2O. The maximum absolute atomic E-state index is 13.2. The molecule has 2 aromatic rings. The number of nitrogens with two attached hydrogens (primary N) is 1. The molecule has 3 N–H and O–H groups in total. The number of carbonyl (C=O) groups excluding carboxylic acids is 1. The summed E-state index contributed by atoms with van der Waals surface area (Å²) < 4.78 is 13.2. The average Bonchev–Trinajstić information content (AvgIpc) is 2.29. The zero-order chi connectivity index (χ0) is 13.4. The molecule has 1 atom stereocenters. The third-order valence-corrected chi connectivity index (χ3v) is 3.36. The molecule has 1 aliphatic rings. The molecule has 1 amide bonds. The van der Waals surface area contributed by atoms with Crippen LogP contribution in [-0.4, -0.2) is 5.91 Å². The van der Waals surface area contributed by atoms with E-state index in [1.807, 2.05) is 24.3 Å². The van der Waals surface area contributed by atoms with Crippen LogP contribution in [0.5, 0.6) is 0 Å². The highest BCUT2D eigenvalue weighted by molar-refractivity contribution is 5.98. The Morgan fingerprint density at radius 1 is 1.26 bits per heavy atom. The number of fused-ring (bicyclic) bond motifs is 1. The lowest BCUT2D eigenvalue weighted by atomic mass is 9.77. The van der Waals surface area contributed by atoms with E-state index < -0.39 is 5.82 Å². The van der Waals surface area contributed by atoms with E-state index in [9.17, 15) is 9.18 Å². The largest absolute Gasteiger partial charge is 0.399 e. The van der Waals surface area contributed by atoms with Crippen LogP contribution in [-0.2, 0) is 11.2 Å². The number of amides is 1. The summed E-state index contributed by atoms with van der Waals surface area (Å²) >= 11 is 0. The second-order valence-corrected chi connectivity index (χ2v) is 4.72. The molecule has 2 aromatic carbocycles. The summed E-state index contributed by atoms with van der Waals surface area (Å²) in [7, 11) is 0. The Labute approximate surface area is 110 Å². The van der Waals surface area contributed by atoms with E-state index in [-0.39, 0.29) is 11.8 Å². The number of hydrogen-bond acceptors (Lipinski definition) is 2. The zero-order valence-electron chi connectivity index (χ0n) is 10.2. The molecule has 4 heteroatoms. The normalized spacial score (nSPS) is 16.4. The van der Waals surface area contributed by atoms with Crippen LogP contribution >= 0.6 is 0 Å². The smallest absolute Gasteiger partial charge is 0.232 e. The molecule has 0 heterocycles. The number of nitrogen functional groups attached to an aromatic ring is 1. The third kappa shape index (κ3) is 2.17. The highest BCUT2D eigenvalue weighted by Gasteiger charge is 2.31. The Kier molecular flexibility index (Phi) is 2.71. The molecule has 3 nitrogen and oxygen atoms in total. The van der Waals surface area contributed by atoms with Gasteiger partial charge in [-0.15, -0.1) is 0 Å². The van der Waals surface area contributed by atoms with E-state index in [4.69, 9.17) is 5.73 Å². The van der Waals surface area contributed by atoms with E-state index in [1.165, 1.54) is 17.7 Å². The second-order valence-electron chi connectivity index (χ2n) is 4.72. The molecule has 0 bridgehead atoms. The standard InChI is InChI=1S/C15H13FN2O/c16-10-6-11(17)8-12(7-10)18-15(19)14-5-9-3-1-2-4-13(9)14/h1-4,6-8,14H,5,17H2,(H,18,19). The van der Waals surface area contributed by atoms with Crippen molar-refractivity contribution in [2.75, 3.05) is 11.1 Å². The lowest BCUT2D eigenvalue weighted by Gasteiger charge is -2.28. The molecule has 0 spiro atoms. The van der Waals surface area contributed by atoms with Crippen LogP contribution < -0.4 is 11.1 Å². The molecule has 19 heavy (non-hydrogen) atoms. The fourth-order valence-corrected chi connectivity index (χ4v) is 2.41. The van der Waals surface area contributed by atoms with E-state index >= 15 is 0 Å². The van der Waals surface area contributed by atoms with Gasteiger partial charge >= 0.3 is 0 Å². The van der Waals surface area contributed by atoms with Gasteiger partial charge in [0.15, 0.2) is 0 Å². The summed E-state index contributed by atoms with van der Waals surface area (Å²) in [5, 5.41) is 2.71. The van der Waals surface area contributed by atoms with Gasteiger partial charge in [0.2, 0.25) is 5.91 Å². The van der Waals surface area contributed by atoms with Crippen molar-refractivity contribution < 1.29 is 9.18 Å². The third-order valence-electron chi connectivity index (χ3n) is 3.36. The first-order valence-electron chi connectivity index (χ1n) is 6.08. The van der Waals surface area contributed by atoms with Crippen LogP contribution in [0.25, 0.3) is 0 Å². The molecule has 0 fully saturated rings. The predicted octanol–water partition coefficient (Wildman–Crippen LogP) is 2.69. The summed E-state index contributed by atoms with van der Waals surface area (Å²) in [6, 6.07) is 11.9. The average molecular weight is 256 g/mol. The minimum absolute atomic E-state index is 0.122. The number of benzene rings is 2. The van der Waals surface area contributed by atoms with Crippen LogP contribution in [0.1, 0.15) is 17.0 Å². The highest BCUT2D eigenvalue weighted by Crippen LogP contribution is 2.35. The summed E-state index contributed by atoms with van der Waals surface area (Å²) in [5.74, 6) is -0.728. The minimum Gasteiger partial charge on any atom is -0.399 e. The monoisotopic (exact) mass is 256 g/mol. The van der Waals surface area contributed by atoms with Gasteiger partial charge < -0.3 is 11.1 Å². The molecule has 0 aliphatic heterocycles. The van der Waals surface area contributed by atoms with Crippen molar-refractivity contribution in [3.63, 3.8) is 0 Å². The highest BCUT2D eigenvalue weighted by atomic mass is 19.1. The fraction of sp³-hybridized carbons (Fsp3) is 0.133. The van der Waals surface area contributed by atoms with Crippen LogP contribution in [0, 0.1) is 5.82 Å². The molecule has 1 aliphatic carbocycles. The SMILES string of the molecule is Nc1cc(F)cc(NC(=O)C2Cc3ccccc32)c1. The van der Waals surface area contributed by atoms with Gasteiger partial charge in [-0.2, -0.15) is 0 Å². The van der Waals surface area contributed by atoms with Gasteiger partial charge in [0, 0.05) is 11.4 Å². The molecule has 0 saturated carbocycles. The van der Waals surface area contributed by atoms with Crippen LogP contribution in [0.4, 0.5) is 15.8 Å². The number of anilines is 2. The van der Waals surface area contributed by atoms with Crippen LogP contribution in [0.2, 0.25) is 0 Å². The van der Waals surface area contributed by atoms with Gasteiger partial charge in [-0.1, -0.05) is 24.3 Å². The van der Waals surface area contributed by atoms with Gasteiger partial charge in [-0.05, 0) is 35.7 Å². The number of halogens is 1. The molecule has 3 rings (SSSR count). The van der Waals surface area contributed by atoms with Gasteiger partial charge in [-0.3, -0.25) is 4.79 Å². The van der Waals surface area contributed by atoms with Crippen molar-refractivity contribution in [1.29, 1.82) is 0 Å². The first-order chi connectivity index (χ1) is 9.13. The summed E-state index contributed by atoms with van der Waals surface area (Å²) in [4.78, 5) is 12.1. The van der Waals surface area contributed by atoms with Gasteiger partial charge in [0.1, 0.15) is 5.82 Å². The molecule has 0 aromatic heterocycles. The Balaban J connectivity index is 1.77. The van der Waals surface area contributed by atoms with Gasteiger partial charge in [0.25, 0.3) is 0 Å². The summed E-state index contributed by atoms with van der Waals surface area (Å²) in [6.45, 7) is 0. The van der Waals surface area contributed by atoms with E-state index in [0.717, 1.165) is 12.0 Å². The summed E-state index contributed by atoms with van der Waals surface area (Å²) in [5.41, 5.74) is 8.48. The Hall–Kier alpha value is -2.36. The van der Waals surface area contributed by atoms with Crippen molar-refractivity contribution in [3.8, 4) is 0 Å². The molecule has 0 radical (unpaired) electrons. The lowest BCUT2D eigenvalue weighted by molar-refractivity contribution is -0.118. The quantitative estimate of drug-likeness (QED) is 0.812. The van der Waals surface area contributed by atoms with Gasteiger partial charge in [0.05, 0.1) is 5.92 Å². The summed E-state index contributed by atoms with van der Waals surface area (Å²) in [6.07, 6.45) is 0.729.